The highest BCUT2D eigenvalue weighted by Crippen LogP contribution is 2.17. The Morgan fingerprint density at radius 3 is 2.67 bits per heavy atom. The Morgan fingerprint density at radius 1 is 1.29 bits per heavy atom. The number of pyridine rings is 1. The van der Waals surface area contributed by atoms with Gasteiger partial charge in [0.2, 0.25) is 0 Å². The molecule has 1 N–H and O–H groups in total. The molecule has 0 aliphatic carbocycles. The van der Waals surface area contributed by atoms with Gasteiger partial charge in [-0.15, -0.1) is 0 Å². The predicted molar refractivity (Wildman–Crippen MR) is 79.2 cm³/mol. The molecular formula is C15H17N3O3. The fraction of sp³-hybridized carbons (Fsp3) is 0.267. The van der Waals surface area contributed by atoms with Crippen molar-refractivity contribution in [1.29, 1.82) is 0 Å². The number of benzene rings is 1. The maximum Gasteiger partial charge on any atom is 0.269 e. The highest BCUT2D eigenvalue weighted by atomic mass is 16.6. The summed E-state index contributed by atoms with van der Waals surface area (Å²) in [5.41, 5.74) is 1.04. The maximum atomic E-state index is 10.5. The first-order chi connectivity index (χ1) is 10.2. The highest BCUT2D eigenvalue weighted by Gasteiger charge is 2.06. The van der Waals surface area contributed by atoms with Gasteiger partial charge in [-0.3, -0.25) is 15.1 Å². The second kappa shape index (κ2) is 7.35. The fourth-order valence-electron chi connectivity index (χ4n) is 1.85. The lowest BCUT2D eigenvalue weighted by molar-refractivity contribution is -0.384. The molecule has 1 heterocycles. The summed E-state index contributed by atoms with van der Waals surface area (Å²) in [6.07, 6.45) is 1.76. The zero-order chi connectivity index (χ0) is 15.1. The number of nitro groups is 1. The van der Waals surface area contributed by atoms with E-state index in [9.17, 15) is 10.1 Å². The molecule has 0 bridgehead atoms. The van der Waals surface area contributed by atoms with E-state index in [2.05, 4.69) is 10.3 Å². The number of nitrogens with zero attached hydrogens (tertiary/aromatic N) is 2. The standard InChI is InChI=1S/C15H17N3O3/c1-12(15-4-2-3-9-17-15)16-10-11-21-14-7-5-13(6-8-14)18(19)20/h2-9,12,16H,10-11H2,1H3. The average Bonchev–Trinajstić information content (AvgIpc) is 2.52. The number of aromatic nitrogens is 1. The van der Waals surface area contributed by atoms with Gasteiger partial charge in [-0.05, 0) is 31.2 Å². The zero-order valence-corrected chi connectivity index (χ0v) is 11.7. The number of nitrogens with one attached hydrogen (secondary N) is 1. The van der Waals surface area contributed by atoms with Gasteiger partial charge in [0.1, 0.15) is 12.4 Å². The van der Waals surface area contributed by atoms with Gasteiger partial charge in [-0.1, -0.05) is 6.07 Å². The molecule has 1 aromatic heterocycles. The molecular weight excluding hydrogens is 270 g/mol. The van der Waals surface area contributed by atoms with Crippen LogP contribution < -0.4 is 10.1 Å². The topological polar surface area (TPSA) is 77.3 Å². The summed E-state index contributed by atoms with van der Waals surface area (Å²) >= 11 is 0. The first kappa shape index (κ1) is 14.9. The van der Waals surface area contributed by atoms with Crippen molar-refractivity contribution in [3.05, 3.63) is 64.5 Å². The van der Waals surface area contributed by atoms with Crippen molar-refractivity contribution in [2.24, 2.45) is 0 Å². The SMILES string of the molecule is CC(NCCOc1ccc([N+](=O)[O-])cc1)c1ccccn1. The second-order valence-corrected chi connectivity index (χ2v) is 4.53. The van der Waals surface area contributed by atoms with Crippen LogP contribution in [0.2, 0.25) is 0 Å². The Balaban J connectivity index is 1.73. The van der Waals surface area contributed by atoms with Crippen molar-refractivity contribution >= 4 is 5.69 Å². The van der Waals surface area contributed by atoms with Gasteiger partial charge in [-0.25, -0.2) is 0 Å². The third kappa shape index (κ3) is 4.54. The quantitative estimate of drug-likeness (QED) is 0.481. The smallest absolute Gasteiger partial charge is 0.269 e. The summed E-state index contributed by atoms with van der Waals surface area (Å²) < 4.78 is 5.52. The van der Waals surface area contributed by atoms with Crippen LogP contribution in [0.5, 0.6) is 5.75 Å². The Hall–Kier alpha value is -2.47. The van der Waals surface area contributed by atoms with Crippen LogP contribution in [-0.4, -0.2) is 23.1 Å². The fourth-order valence-corrected chi connectivity index (χ4v) is 1.85. The van der Waals surface area contributed by atoms with E-state index < -0.39 is 4.92 Å². The molecule has 0 saturated heterocycles. The van der Waals surface area contributed by atoms with Gasteiger partial charge in [0.05, 0.1) is 10.6 Å². The van der Waals surface area contributed by atoms with Crippen LogP contribution in [0.1, 0.15) is 18.7 Å². The molecule has 2 aromatic rings. The summed E-state index contributed by atoms with van der Waals surface area (Å²) in [7, 11) is 0. The third-order valence-electron chi connectivity index (χ3n) is 3.00. The van der Waals surface area contributed by atoms with Gasteiger partial charge in [0.25, 0.3) is 5.69 Å². The van der Waals surface area contributed by atoms with Crippen LogP contribution in [-0.2, 0) is 0 Å². The lowest BCUT2D eigenvalue weighted by Gasteiger charge is -2.13. The van der Waals surface area contributed by atoms with Crippen molar-refractivity contribution < 1.29 is 9.66 Å². The lowest BCUT2D eigenvalue weighted by Crippen LogP contribution is -2.24. The monoisotopic (exact) mass is 287 g/mol. The van der Waals surface area contributed by atoms with Crippen molar-refractivity contribution in [3.8, 4) is 5.75 Å². The molecule has 1 atom stereocenters. The minimum absolute atomic E-state index is 0.0595. The molecule has 6 heteroatoms. The van der Waals surface area contributed by atoms with Crippen LogP contribution >= 0.6 is 0 Å². The molecule has 0 fully saturated rings. The molecule has 0 radical (unpaired) electrons. The Labute approximate surface area is 122 Å². The largest absolute Gasteiger partial charge is 0.492 e. The number of hydrogen-bond donors (Lipinski definition) is 1. The van der Waals surface area contributed by atoms with E-state index in [0.717, 1.165) is 5.69 Å². The Morgan fingerprint density at radius 2 is 2.05 bits per heavy atom. The predicted octanol–water partition coefficient (Wildman–Crippen LogP) is 2.72. The molecule has 0 saturated carbocycles. The summed E-state index contributed by atoms with van der Waals surface area (Å²) in [5.74, 6) is 0.618. The minimum atomic E-state index is -0.431. The van der Waals surface area contributed by atoms with E-state index in [-0.39, 0.29) is 11.7 Å². The van der Waals surface area contributed by atoms with Crippen LogP contribution in [0.15, 0.2) is 48.7 Å². The van der Waals surface area contributed by atoms with Crippen LogP contribution in [0, 0.1) is 10.1 Å². The average molecular weight is 287 g/mol. The molecule has 6 nitrogen and oxygen atoms in total. The summed E-state index contributed by atoms with van der Waals surface area (Å²) in [6.45, 7) is 3.18. The number of hydrogen-bond acceptors (Lipinski definition) is 5. The molecule has 0 aliphatic rings. The third-order valence-corrected chi connectivity index (χ3v) is 3.00. The van der Waals surface area contributed by atoms with E-state index in [1.54, 1.807) is 18.3 Å². The molecule has 1 aromatic carbocycles. The van der Waals surface area contributed by atoms with Gasteiger partial charge in [0, 0.05) is 30.9 Å². The zero-order valence-electron chi connectivity index (χ0n) is 11.7. The molecule has 2 rings (SSSR count). The van der Waals surface area contributed by atoms with Crippen LogP contribution in [0.4, 0.5) is 5.69 Å². The van der Waals surface area contributed by atoms with E-state index >= 15 is 0 Å². The summed E-state index contributed by atoms with van der Waals surface area (Å²) in [5, 5.41) is 13.8. The molecule has 1 unspecified atom stereocenters. The van der Waals surface area contributed by atoms with E-state index in [1.165, 1.54) is 12.1 Å². The van der Waals surface area contributed by atoms with E-state index in [4.69, 9.17) is 4.74 Å². The van der Waals surface area contributed by atoms with Crippen molar-refractivity contribution in [2.45, 2.75) is 13.0 Å². The highest BCUT2D eigenvalue weighted by molar-refractivity contribution is 5.35. The molecule has 110 valence electrons. The van der Waals surface area contributed by atoms with Gasteiger partial charge in [0.15, 0.2) is 0 Å². The second-order valence-electron chi connectivity index (χ2n) is 4.53. The molecule has 0 amide bonds. The van der Waals surface area contributed by atoms with Crippen LogP contribution in [0.25, 0.3) is 0 Å². The lowest BCUT2D eigenvalue weighted by atomic mass is 10.2. The van der Waals surface area contributed by atoms with Gasteiger partial charge in [-0.2, -0.15) is 0 Å². The summed E-state index contributed by atoms with van der Waals surface area (Å²) in [6, 6.07) is 12.0. The molecule has 0 aliphatic heterocycles. The number of nitro benzene ring substituents is 1. The molecule has 21 heavy (non-hydrogen) atoms. The number of ether oxygens (including phenoxy) is 1. The maximum absolute atomic E-state index is 10.5. The van der Waals surface area contributed by atoms with Gasteiger partial charge < -0.3 is 10.1 Å². The number of non-ortho nitro benzene ring substituents is 1. The first-order valence-corrected chi connectivity index (χ1v) is 6.68. The Bertz CT molecular complexity index is 572. The van der Waals surface area contributed by atoms with Gasteiger partial charge >= 0.3 is 0 Å². The van der Waals surface area contributed by atoms with Crippen molar-refractivity contribution in [2.75, 3.05) is 13.2 Å². The van der Waals surface area contributed by atoms with E-state index in [0.29, 0.717) is 18.9 Å². The van der Waals surface area contributed by atoms with Crippen molar-refractivity contribution in [1.82, 2.24) is 10.3 Å². The minimum Gasteiger partial charge on any atom is -0.492 e. The van der Waals surface area contributed by atoms with Crippen molar-refractivity contribution in [3.63, 3.8) is 0 Å². The molecule has 0 spiro atoms. The normalized spacial score (nSPS) is 11.9. The van der Waals surface area contributed by atoms with Crippen LogP contribution in [0.3, 0.4) is 0 Å². The summed E-state index contributed by atoms with van der Waals surface area (Å²) in [4.78, 5) is 14.4. The van der Waals surface area contributed by atoms with E-state index in [1.807, 2.05) is 25.1 Å². The number of rotatable bonds is 7. The first-order valence-electron chi connectivity index (χ1n) is 6.68. The Kier molecular flexibility index (Phi) is 5.22.